The molecule has 2 aromatic carbocycles. The summed E-state index contributed by atoms with van der Waals surface area (Å²) in [5, 5.41) is 3.02. The van der Waals surface area contributed by atoms with Gasteiger partial charge in [0, 0.05) is 64.1 Å². The number of urea groups is 1. The lowest BCUT2D eigenvalue weighted by Crippen LogP contribution is -2.51. The fourth-order valence-corrected chi connectivity index (χ4v) is 4.23. The van der Waals surface area contributed by atoms with E-state index in [0.717, 1.165) is 48.9 Å². The fourth-order valence-electron chi connectivity index (χ4n) is 4.23. The summed E-state index contributed by atoms with van der Waals surface area (Å²) in [6, 6.07) is 15.3. The lowest BCUT2D eigenvalue weighted by molar-refractivity contribution is -0.127. The van der Waals surface area contributed by atoms with Crippen molar-refractivity contribution in [2.45, 2.75) is 0 Å². The number of ether oxygens (including phenoxy) is 1. The monoisotopic (exact) mass is 463 g/mol. The zero-order valence-electron chi connectivity index (χ0n) is 19.9. The second kappa shape index (κ2) is 11.1. The van der Waals surface area contributed by atoms with Gasteiger partial charge in [-0.05, 0) is 36.9 Å². The van der Waals surface area contributed by atoms with Crippen LogP contribution in [0.1, 0.15) is 5.56 Å². The first-order valence-electron chi connectivity index (χ1n) is 11.7. The summed E-state index contributed by atoms with van der Waals surface area (Å²) < 4.78 is 5.56. The Bertz CT molecular complexity index is 1010. The van der Waals surface area contributed by atoms with Crippen LogP contribution in [-0.2, 0) is 4.79 Å². The van der Waals surface area contributed by atoms with Crippen LogP contribution in [0.4, 0.5) is 16.2 Å². The molecule has 0 unspecified atom stereocenters. The SMILES string of the molecule is COc1ccc(NC(=O)N2CCN(C(=O)/C=C/c3ccccc3)CC2)cc1N1CCN(C)CC1. The van der Waals surface area contributed by atoms with Crippen molar-refractivity contribution in [3.8, 4) is 5.75 Å². The molecule has 2 aliphatic heterocycles. The van der Waals surface area contributed by atoms with E-state index in [2.05, 4.69) is 22.2 Å². The van der Waals surface area contributed by atoms with Gasteiger partial charge in [-0.1, -0.05) is 30.3 Å². The number of rotatable bonds is 5. The summed E-state index contributed by atoms with van der Waals surface area (Å²) in [5.41, 5.74) is 2.72. The molecule has 2 saturated heterocycles. The first-order chi connectivity index (χ1) is 16.5. The highest BCUT2D eigenvalue weighted by Gasteiger charge is 2.24. The molecule has 2 aliphatic rings. The first kappa shape index (κ1) is 23.6. The van der Waals surface area contributed by atoms with Crippen molar-refractivity contribution in [3.63, 3.8) is 0 Å². The summed E-state index contributed by atoms with van der Waals surface area (Å²) in [7, 11) is 3.79. The number of nitrogens with one attached hydrogen (secondary N) is 1. The summed E-state index contributed by atoms with van der Waals surface area (Å²) in [6.45, 7) is 5.84. The van der Waals surface area contributed by atoms with E-state index in [1.54, 1.807) is 23.0 Å². The predicted molar refractivity (Wildman–Crippen MR) is 135 cm³/mol. The van der Waals surface area contributed by atoms with Crippen LogP contribution in [0.5, 0.6) is 5.75 Å². The minimum atomic E-state index is -0.151. The van der Waals surface area contributed by atoms with E-state index in [9.17, 15) is 9.59 Å². The van der Waals surface area contributed by atoms with Crippen LogP contribution in [0.15, 0.2) is 54.6 Å². The fraction of sp³-hybridized carbons (Fsp3) is 0.385. The lowest BCUT2D eigenvalue weighted by atomic mass is 10.2. The van der Waals surface area contributed by atoms with Crippen molar-refractivity contribution >= 4 is 29.4 Å². The van der Waals surface area contributed by atoms with E-state index in [-0.39, 0.29) is 11.9 Å². The molecule has 1 N–H and O–H groups in total. The van der Waals surface area contributed by atoms with Gasteiger partial charge in [-0.25, -0.2) is 4.79 Å². The minimum absolute atomic E-state index is 0.0316. The standard InChI is InChI=1S/C26H33N5O3/c1-28-12-14-29(15-13-28)23-20-22(9-10-24(23)34-2)27-26(33)31-18-16-30(17-19-31)25(32)11-8-21-6-4-3-5-7-21/h3-11,20H,12-19H2,1-2H3,(H,27,33)/b11-8+. The molecule has 0 saturated carbocycles. The van der Waals surface area contributed by atoms with E-state index in [1.807, 2.05) is 54.6 Å². The van der Waals surface area contributed by atoms with Crippen molar-refractivity contribution < 1.29 is 14.3 Å². The van der Waals surface area contributed by atoms with Crippen molar-refractivity contribution in [1.82, 2.24) is 14.7 Å². The molecule has 0 aromatic heterocycles. The number of carbonyl (C=O) groups is 2. The molecule has 8 nitrogen and oxygen atoms in total. The van der Waals surface area contributed by atoms with Gasteiger partial charge < -0.3 is 29.7 Å². The number of likely N-dealkylation sites (N-methyl/N-ethyl adjacent to an activating group) is 1. The number of benzene rings is 2. The summed E-state index contributed by atoms with van der Waals surface area (Å²) >= 11 is 0. The second-order valence-electron chi connectivity index (χ2n) is 8.66. The molecule has 0 spiro atoms. The Morgan fingerprint density at radius 2 is 1.56 bits per heavy atom. The van der Waals surface area contributed by atoms with Gasteiger partial charge in [-0.3, -0.25) is 4.79 Å². The Kier molecular flexibility index (Phi) is 7.69. The number of hydrogen-bond donors (Lipinski definition) is 1. The van der Waals surface area contributed by atoms with E-state index < -0.39 is 0 Å². The summed E-state index contributed by atoms with van der Waals surface area (Å²) in [4.78, 5) is 33.5. The molecule has 0 aliphatic carbocycles. The number of anilines is 2. The lowest BCUT2D eigenvalue weighted by Gasteiger charge is -2.35. The Balaban J connectivity index is 1.32. The topological polar surface area (TPSA) is 68.4 Å². The number of piperazine rings is 2. The van der Waals surface area contributed by atoms with Crippen molar-refractivity contribution in [2.24, 2.45) is 0 Å². The molecule has 0 radical (unpaired) electrons. The smallest absolute Gasteiger partial charge is 0.321 e. The zero-order valence-corrected chi connectivity index (χ0v) is 19.9. The Morgan fingerprint density at radius 3 is 2.24 bits per heavy atom. The molecule has 8 heteroatoms. The average molecular weight is 464 g/mol. The summed E-state index contributed by atoms with van der Waals surface area (Å²) in [6.07, 6.45) is 3.42. The third-order valence-corrected chi connectivity index (χ3v) is 6.37. The number of carbonyl (C=O) groups excluding carboxylic acids is 2. The highest BCUT2D eigenvalue weighted by atomic mass is 16.5. The van der Waals surface area contributed by atoms with Crippen LogP contribution in [0.25, 0.3) is 6.08 Å². The maximum atomic E-state index is 12.9. The van der Waals surface area contributed by atoms with Crippen molar-refractivity contribution in [2.75, 3.05) is 76.7 Å². The molecule has 4 rings (SSSR count). The molecule has 2 fully saturated rings. The zero-order chi connectivity index (χ0) is 23.9. The van der Waals surface area contributed by atoms with Crippen molar-refractivity contribution in [3.05, 3.63) is 60.2 Å². The van der Waals surface area contributed by atoms with Gasteiger partial charge in [0.15, 0.2) is 0 Å². The van der Waals surface area contributed by atoms with Gasteiger partial charge >= 0.3 is 6.03 Å². The molecule has 34 heavy (non-hydrogen) atoms. The maximum Gasteiger partial charge on any atom is 0.321 e. The molecule has 0 bridgehead atoms. The Hall–Kier alpha value is -3.52. The number of nitrogens with zero attached hydrogens (tertiary/aromatic N) is 4. The maximum absolute atomic E-state index is 12.9. The highest BCUT2D eigenvalue weighted by molar-refractivity contribution is 5.93. The van der Waals surface area contributed by atoms with Crippen LogP contribution in [-0.4, -0.2) is 93.2 Å². The molecule has 0 atom stereocenters. The predicted octanol–water partition coefficient (Wildman–Crippen LogP) is 2.84. The van der Waals surface area contributed by atoms with Gasteiger partial charge in [0.25, 0.3) is 0 Å². The van der Waals surface area contributed by atoms with Crippen LogP contribution >= 0.6 is 0 Å². The number of hydrogen-bond acceptors (Lipinski definition) is 5. The highest BCUT2D eigenvalue weighted by Crippen LogP contribution is 2.32. The first-order valence-corrected chi connectivity index (χ1v) is 11.7. The molecule has 2 heterocycles. The largest absolute Gasteiger partial charge is 0.495 e. The van der Waals surface area contributed by atoms with Crippen LogP contribution in [0, 0.1) is 0 Å². The molecule has 3 amide bonds. The molecule has 2 aromatic rings. The van der Waals surface area contributed by atoms with Gasteiger partial charge in [-0.2, -0.15) is 0 Å². The normalized spacial score (nSPS) is 17.2. The third-order valence-electron chi connectivity index (χ3n) is 6.37. The second-order valence-corrected chi connectivity index (χ2v) is 8.66. The van der Waals surface area contributed by atoms with Gasteiger partial charge in [0.05, 0.1) is 12.8 Å². The van der Waals surface area contributed by atoms with E-state index >= 15 is 0 Å². The van der Waals surface area contributed by atoms with Gasteiger partial charge in [0.1, 0.15) is 5.75 Å². The van der Waals surface area contributed by atoms with Crippen LogP contribution in [0.2, 0.25) is 0 Å². The third kappa shape index (κ3) is 5.88. The van der Waals surface area contributed by atoms with E-state index in [4.69, 9.17) is 4.74 Å². The van der Waals surface area contributed by atoms with Crippen LogP contribution in [0.3, 0.4) is 0 Å². The summed E-state index contributed by atoms with van der Waals surface area (Å²) in [5.74, 6) is 0.772. The molecular weight excluding hydrogens is 430 g/mol. The number of amides is 3. The molecular formula is C26H33N5O3. The quantitative estimate of drug-likeness (QED) is 0.691. The van der Waals surface area contributed by atoms with Gasteiger partial charge in [-0.15, -0.1) is 0 Å². The Morgan fingerprint density at radius 1 is 0.882 bits per heavy atom. The van der Waals surface area contributed by atoms with E-state index in [0.29, 0.717) is 26.2 Å². The average Bonchev–Trinajstić information content (AvgIpc) is 2.88. The van der Waals surface area contributed by atoms with Crippen LogP contribution < -0.4 is 15.0 Å². The van der Waals surface area contributed by atoms with E-state index in [1.165, 1.54) is 0 Å². The van der Waals surface area contributed by atoms with Crippen molar-refractivity contribution in [1.29, 1.82) is 0 Å². The van der Waals surface area contributed by atoms with Gasteiger partial charge in [0.2, 0.25) is 5.91 Å². The number of methoxy groups -OCH3 is 1. The minimum Gasteiger partial charge on any atom is -0.495 e. The molecule has 180 valence electrons. The Labute approximate surface area is 201 Å².